The Morgan fingerprint density at radius 3 is 3.04 bits per heavy atom. The molecule has 0 saturated carbocycles. The number of amides is 2. The first-order chi connectivity index (χ1) is 12.1. The van der Waals surface area contributed by atoms with Crippen molar-refractivity contribution in [3.05, 3.63) is 46.2 Å². The van der Waals surface area contributed by atoms with E-state index in [-0.39, 0.29) is 24.7 Å². The summed E-state index contributed by atoms with van der Waals surface area (Å²) in [6.45, 7) is 3.10. The van der Waals surface area contributed by atoms with Crippen LogP contribution in [0.15, 0.2) is 35.1 Å². The Balaban J connectivity index is 1.45. The highest BCUT2D eigenvalue weighted by molar-refractivity contribution is 7.10. The van der Waals surface area contributed by atoms with Crippen molar-refractivity contribution in [1.82, 2.24) is 20.3 Å². The lowest BCUT2D eigenvalue weighted by Crippen LogP contribution is -2.35. The highest BCUT2D eigenvalue weighted by Gasteiger charge is 2.21. The first-order valence-corrected chi connectivity index (χ1v) is 8.94. The molecule has 1 aliphatic heterocycles. The average Bonchev–Trinajstić information content (AvgIpc) is 3.12. The van der Waals surface area contributed by atoms with Crippen LogP contribution in [0.2, 0.25) is 0 Å². The molecule has 0 fully saturated rings. The van der Waals surface area contributed by atoms with Gasteiger partial charge >= 0.3 is 0 Å². The predicted molar refractivity (Wildman–Crippen MR) is 95.1 cm³/mol. The van der Waals surface area contributed by atoms with Crippen LogP contribution in [0, 0.1) is 0 Å². The second kappa shape index (κ2) is 7.98. The van der Waals surface area contributed by atoms with Crippen LogP contribution >= 0.6 is 11.3 Å². The summed E-state index contributed by atoms with van der Waals surface area (Å²) in [5, 5.41) is 6.06. The molecule has 0 aromatic carbocycles. The van der Waals surface area contributed by atoms with Gasteiger partial charge in [-0.25, -0.2) is 5.43 Å². The minimum absolute atomic E-state index is 0.00151. The molecule has 0 unspecified atom stereocenters. The van der Waals surface area contributed by atoms with Crippen LogP contribution in [0.4, 0.5) is 0 Å². The van der Waals surface area contributed by atoms with Gasteiger partial charge in [0, 0.05) is 43.2 Å². The quantitative estimate of drug-likeness (QED) is 0.652. The predicted octanol–water partition coefficient (Wildman–Crippen LogP) is 1.74. The minimum atomic E-state index is -0.287. The number of nitrogens with zero attached hydrogens (tertiary/aromatic N) is 4. The van der Waals surface area contributed by atoms with Crippen LogP contribution in [0.1, 0.15) is 35.9 Å². The van der Waals surface area contributed by atoms with Gasteiger partial charge in [-0.3, -0.25) is 19.6 Å². The van der Waals surface area contributed by atoms with Crippen LogP contribution in [-0.4, -0.2) is 38.9 Å². The molecule has 0 saturated heterocycles. The molecule has 1 aliphatic rings. The van der Waals surface area contributed by atoms with Crippen molar-refractivity contribution in [2.24, 2.45) is 5.10 Å². The smallest absolute Gasteiger partial charge is 0.240 e. The Kier molecular flexibility index (Phi) is 5.49. The maximum Gasteiger partial charge on any atom is 0.240 e. The summed E-state index contributed by atoms with van der Waals surface area (Å²) in [7, 11) is 0. The number of hydrazone groups is 1. The van der Waals surface area contributed by atoms with Gasteiger partial charge in [0.05, 0.1) is 11.9 Å². The fourth-order valence-electron chi connectivity index (χ4n) is 2.59. The molecule has 0 atom stereocenters. The van der Waals surface area contributed by atoms with Gasteiger partial charge in [0.25, 0.3) is 0 Å². The number of carbonyl (C=O) groups is 2. The van der Waals surface area contributed by atoms with Gasteiger partial charge in [0.1, 0.15) is 5.69 Å². The molecule has 25 heavy (non-hydrogen) atoms. The first-order valence-electron chi connectivity index (χ1n) is 8.06. The van der Waals surface area contributed by atoms with Crippen LogP contribution in [0.3, 0.4) is 0 Å². The van der Waals surface area contributed by atoms with E-state index in [9.17, 15) is 9.59 Å². The topological polar surface area (TPSA) is 87.5 Å². The number of hydrogen-bond donors (Lipinski definition) is 1. The van der Waals surface area contributed by atoms with E-state index in [1.807, 2.05) is 4.90 Å². The third kappa shape index (κ3) is 4.48. The lowest BCUT2D eigenvalue weighted by Gasteiger charge is -2.27. The number of aromatic nitrogens is 2. The zero-order valence-corrected chi connectivity index (χ0v) is 14.8. The van der Waals surface area contributed by atoms with Crippen molar-refractivity contribution in [2.75, 3.05) is 6.54 Å². The Labute approximate surface area is 149 Å². The van der Waals surface area contributed by atoms with E-state index in [0.29, 0.717) is 18.0 Å². The fourth-order valence-corrected chi connectivity index (χ4v) is 3.47. The van der Waals surface area contributed by atoms with Crippen LogP contribution in [0.5, 0.6) is 0 Å². The highest BCUT2D eigenvalue weighted by atomic mass is 32.1. The van der Waals surface area contributed by atoms with E-state index >= 15 is 0 Å². The molecule has 0 radical (unpaired) electrons. The molecule has 2 aromatic rings. The van der Waals surface area contributed by atoms with E-state index in [1.165, 1.54) is 10.4 Å². The number of nitrogens with one attached hydrogen (secondary N) is 1. The normalized spacial score (nSPS) is 14.1. The molecular formula is C17H19N5O2S. The van der Waals surface area contributed by atoms with Gasteiger partial charge in [-0.05, 0) is 30.4 Å². The molecular weight excluding hydrogens is 338 g/mol. The van der Waals surface area contributed by atoms with Crippen molar-refractivity contribution < 1.29 is 9.59 Å². The summed E-state index contributed by atoms with van der Waals surface area (Å²) in [6, 6.07) is 2.07. The van der Waals surface area contributed by atoms with E-state index in [4.69, 9.17) is 0 Å². The Morgan fingerprint density at radius 1 is 1.36 bits per heavy atom. The molecule has 130 valence electrons. The third-order valence-electron chi connectivity index (χ3n) is 4.01. The molecule has 0 spiro atoms. The molecule has 3 heterocycles. The zero-order chi connectivity index (χ0) is 17.6. The van der Waals surface area contributed by atoms with Crippen LogP contribution in [-0.2, 0) is 22.6 Å². The average molecular weight is 357 g/mol. The second-order valence-electron chi connectivity index (χ2n) is 5.76. The SMILES string of the molecule is C/C(=N\NC(=O)CCC(=O)N1CCc2sccc2C1)c1cnccn1. The summed E-state index contributed by atoms with van der Waals surface area (Å²) < 4.78 is 0. The summed E-state index contributed by atoms with van der Waals surface area (Å²) in [4.78, 5) is 35.4. The lowest BCUT2D eigenvalue weighted by molar-refractivity contribution is -0.134. The van der Waals surface area contributed by atoms with Crippen molar-refractivity contribution >= 4 is 28.9 Å². The summed E-state index contributed by atoms with van der Waals surface area (Å²) >= 11 is 1.74. The molecule has 0 bridgehead atoms. The number of rotatable bonds is 5. The maximum atomic E-state index is 12.3. The van der Waals surface area contributed by atoms with Gasteiger partial charge in [-0.1, -0.05) is 0 Å². The molecule has 7 nitrogen and oxygen atoms in total. The highest BCUT2D eigenvalue weighted by Crippen LogP contribution is 2.24. The van der Waals surface area contributed by atoms with Gasteiger partial charge < -0.3 is 4.90 Å². The van der Waals surface area contributed by atoms with Gasteiger partial charge in [0.2, 0.25) is 11.8 Å². The Bertz CT molecular complexity index is 787. The van der Waals surface area contributed by atoms with Gasteiger partial charge in [-0.15, -0.1) is 11.3 Å². The number of thiophene rings is 1. The van der Waals surface area contributed by atoms with Crippen molar-refractivity contribution in [3.8, 4) is 0 Å². The molecule has 1 N–H and O–H groups in total. The van der Waals surface area contributed by atoms with Crippen molar-refractivity contribution in [1.29, 1.82) is 0 Å². The largest absolute Gasteiger partial charge is 0.338 e. The summed E-state index contributed by atoms with van der Waals surface area (Å²) in [5.74, 6) is -0.286. The summed E-state index contributed by atoms with van der Waals surface area (Å²) in [6.07, 6.45) is 5.90. The Morgan fingerprint density at radius 2 is 2.24 bits per heavy atom. The number of hydrogen-bond acceptors (Lipinski definition) is 6. The molecule has 0 aliphatic carbocycles. The van der Waals surface area contributed by atoms with Crippen molar-refractivity contribution in [3.63, 3.8) is 0 Å². The van der Waals surface area contributed by atoms with Crippen molar-refractivity contribution in [2.45, 2.75) is 32.7 Å². The van der Waals surface area contributed by atoms with Gasteiger partial charge in [-0.2, -0.15) is 5.10 Å². The maximum absolute atomic E-state index is 12.3. The number of carbonyl (C=O) groups excluding carboxylic acids is 2. The van der Waals surface area contributed by atoms with E-state index < -0.39 is 0 Å². The number of fused-ring (bicyclic) bond motifs is 1. The molecule has 8 heteroatoms. The molecule has 3 rings (SSSR count). The van der Waals surface area contributed by atoms with Gasteiger partial charge in [0.15, 0.2) is 0 Å². The third-order valence-corrected chi connectivity index (χ3v) is 5.03. The van der Waals surface area contributed by atoms with E-state index in [1.54, 1.807) is 36.9 Å². The van der Waals surface area contributed by atoms with E-state index in [2.05, 4.69) is 31.9 Å². The standard InChI is InChI=1S/C17H19N5O2S/c1-12(14-10-18-6-7-19-14)20-21-16(23)2-3-17(24)22-8-4-15-13(11-22)5-9-25-15/h5-7,9-10H,2-4,8,11H2,1H3,(H,21,23)/b20-12+. The fraction of sp³-hybridized carbons (Fsp3) is 0.353. The molecule has 2 aromatic heterocycles. The van der Waals surface area contributed by atoms with Crippen LogP contribution in [0.25, 0.3) is 0 Å². The summed E-state index contributed by atoms with van der Waals surface area (Å²) in [5.41, 5.74) is 4.84. The first kappa shape index (κ1) is 17.2. The minimum Gasteiger partial charge on any atom is -0.338 e. The zero-order valence-electron chi connectivity index (χ0n) is 13.9. The molecule has 2 amide bonds. The van der Waals surface area contributed by atoms with E-state index in [0.717, 1.165) is 13.0 Å². The van der Waals surface area contributed by atoms with Crippen LogP contribution < -0.4 is 5.43 Å². The lowest BCUT2D eigenvalue weighted by atomic mass is 10.1. The Hall–Kier alpha value is -2.61. The monoisotopic (exact) mass is 357 g/mol. The second-order valence-corrected chi connectivity index (χ2v) is 6.76.